The minimum atomic E-state index is -3.89. The minimum Gasteiger partial charge on any atom is -0.393 e. The van der Waals surface area contributed by atoms with Gasteiger partial charge >= 0.3 is 0 Å². The Morgan fingerprint density at radius 2 is 1.17 bits per heavy atom. The van der Waals surface area contributed by atoms with Crippen LogP contribution in [0.15, 0.2) is 0 Å². The molecule has 4 nitrogen and oxygen atoms in total. The van der Waals surface area contributed by atoms with Crippen molar-refractivity contribution in [1.29, 1.82) is 0 Å². The van der Waals surface area contributed by atoms with Crippen molar-refractivity contribution >= 4 is 10.1 Å². The second kappa shape index (κ2) is 14.2. The summed E-state index contributed by atoms with van der Waals surface area (Å²) < 4.78 is 31.2. The summed E-state index contributed by atoms with van der Waals surface area (Å²) in [5, 5.41) is 9.31. The zero-order valence-corrected chi connectivity index (χ0v) is 16.0. The molecule has 0 heterocycles. The van der Waals surface area contributed by atoms with Gasteiger partial charge in [-0.2, -0.15) is 8.42 Å². The first kappa shape index (κ1) is 22.9. The lowest BCUT2D eigenvalue weighted by atomic mass is 10.0. The van der Waals surface area contributed by atoms with Crippen molar-refractivity contribution in [3.8, 4) is 0 Å². The van der Waals surface area contributed by atoms with Crippen molar-refractivity contribution in [2.75, 3.05) is 0 Å². The van der Waals surface area contributed by atoms with Crippen molar-refractivity contribution in [3.05, 3.63) is 0 Å². The highest BCUT2D eigenvalue weighted by Gasteiger charge is 2.19. The Morgan fingerprint density at radius 1 is 0.739 bits per heavy atom. The van der Waals surface area contributed by atoms with E-state index >= 15 is 0 Å². The quantitative estimate of drug-likeness (QED) is 0.300. The van der Waals surface area contributed by atoms with Gasteiger partial charge in [-0.05, 0) is 25.7 Å². The van der Waals surface area contributed by atoms with Crippen LogP contribution in [-0.4, -0.2) is 29.4 Å². The smallest absolute Gasteiger partial charge is 0.267 e. The molecule has 2 unspecified atom stereocenters. The van der Waals surface area contributed by atoms with Crippen molar-refractivity contribution < 1.29 is 18.1 Å². The second-order valence-electron chi connectivity index (χ2n) is 6.75. The Kier molecular flexibility index (Phi) is 14.2. The average Bonchev–Trinajstić information content (AvgIpc) is 2.48. The molecule has 0 saturated heterocycles. The van der Waals surface area contributed by atoms with Gasteiger partial charge in [0.1, 0.15) is 0 Å². The fourth-order valence-corrected chi connectivity index (χ4v) is 3.86. The second-order valence-corrected chi connectivity index (χ2v) is 8.44. The summed E-state index contributed by atoms with van der Waals surface area (Å²) in [6.45, 7) is 4.01. The molecule has 2 atom stereocenters. The van der Waals surface area contributed by atoms with E-state index in [-0.39, 0.29) is 6.10 Å². The molecule has 0 aromatic heterocycles. The van der Waals surface area contributed by atoms with E-state index in [0.29, 0.717) is 12.8 Å². The summed E-state index contributed by atoms with van der Waals surface area (Å²) in [6.07, 6.45) is 14.0. The predicted molar refractivity (Wildman–Crippen MR) is 97.3 cm³/mol. The SMILES string of the molecule is CCCCCCCCCC(O)CCCCCC(CC)S(=O)(=O)O. The first-order valence-electron chi connectivity index (χ1n) is 9.56. The van der Waals surface area contributed by atoms with Gasteiger partial charge in [-0.1, -0.05) is 78.1 Å². The standard InChI is InChI=1S/C18H38O4S/c1-3-5-6-7-8-9-11-14-17(19)15-12-10-13-16-18(4-2)23(20,21)22/h17-19H,3-16H2,1-2H3,(H,20,21,22). The maximum Gasteiger partial charge on any atom is 0.267 e. The fraction of sp³-hybridized carbons (Fsp3) is 1.00. The molecule has 0 aromatic carbocycles. The van der Waals surface area contributed by atoms with Gasteiger partial charge < -0.3 is 5.11 Å². The summed E-state index contributed by atoms with van der Waals surface area (Å²) in [6, 6.07) is 0. The van der Waals surface area contributed by atoms with Crippen LogP contribution in [0.5, 0.6) is 0 Å². The van der Waals surface area contributed by atoms with Gasteiger partial charge in [0.2, 0.25) is 0 Å². The van der Waals surface area contributed by atoms with E-state index in [0.717, 1.165) is 38.5 Å². The fourth-order valence-electron chi connectivity index (χ4n) is 2.97. The summed E-state index contributed by atoms with van der Waals surface area (Å²) >= 11 is 0. The van der Waals surface area contributed by atoms with Gasteiger partial charge in [0.05, 0.1) is 11.4 Å². The van der Waals surface area contributed by atoms with Gasteiger partial charge in [0.15, 0.2) is 0 Å². The molecule has 0 fully saturated rings. The molecule has 0 aliphatic carbocycles. The molecule has 23 heavy (non-hydrogen) atoms. The lowest BCUT2D eigenvalue weighted by molar-refractivity contribution is 0.147. The number of hydrogen-bond donors (Lipinski definition) is 2. The monoisotopic (exact) mass is 350 g/mol. The van der Waals surface area contributed by atoms with Crippen molar-refractivity contribution in [2.24, 2.45) is 0 Å². The zero-order chi connectivity index (χ0) is 17.6. The van der Waals surface area contributed by atoms with Gasteiger partial charge in [-0.25, -0.2) is 0 Å². The highest BCUT2D eigenvalue weighted by Crippen LogP contribution is 2.16. The Labute approximate surface area is 143 Å². The number of rotatable bonds is 16. The molecular formula is C18H38O4S. The molecule has 0 aliphatic heterocycles. The van der Waals surface area contributed by atoms with Crippen LogP contribution >= 0.6 is 0 Å². The Bertz CT molecular complexity index is 354. The summed E-state index contributed by atoms with van der Waals surface area (Å²) in [5.41, 5.74) is 0. The lowest BCUT2D eigenvalue weighted by Crippen LogP contribution is -2.19. The number of hydrogen-bond acceptors (Lipinski definition) is 3. The topological polar surface area (TPSA) is 74.6 Å². The number of aliphatic hydroxyl groups is 1. The van der Waals surface area contributed by atoms with E-state index in [2.05, 4.69) is 6.92 Å². The van der Waals surface area contributed by atoms with Crippen molar-refractivity contribution in [3.63, 3.8) is 0 Å². The van der Waals surface area contributed by atoms with Crippen molar-refractivity contribution in [2.45, 2.75) is 115 Å². The third-order valence-electron chi connectivity index (χ3n) is 4.58. The largest absolute Gasteiger partial charge is 0.393 e. The maximum atomic E-state index is 11.1. The van der Waals surface area contributed by atoms with E-state index in [1.54, 1.807) is 6.92 Å². The van der Waals surface area contributed by atoms with Gasteiger partial charge in [-0.15, -0.1) is 0 Å². The molecule has 0 aromatic rings. The van der Waals surface area contributed by atoms with Gasteiger partial charge in [-0.3, -0.25) is 4.55 Å². The van der Waals surface area contributed by atoms with E-state index in [1.807, 2.05) is 0 Å². The van der Waals surface area contributed by atoms with Crippen LogP contribution in [-0.2, 0) is 10.1 Å². The Hall–Kier alpha value is -0.130. The third kappa shape index (κ3) is 14.0. The highest BCUT2D eigenvalue weighted by molar-refractivity contribution is 7.86. The number of aliphatic hydroxyl groups excluding tert-OH is 1. The third-order valence-corrected chi connectivity index (χ3v) is 5.99. The maximum absolute atomic E-state index is 11.1. The molecule has 0 rings (SSSR count). The Balaban J connectivity index is 3.48. The van der Waals surface area contributed by atoms with Crippen molar-refractivity contribution in [1.82, 2.24) is 0 Å². The minimum absolute atomic E-state index is 0.214. The number of unbranched alkanes of at least 4 members (excludes halogenated alkanes) is 8. The molecular weight excluding hydrogens is 312 g/mol. The van der Waals surface area contributed by atoms with Crippen LogP contribution in [0.2, 0.25) is 0 Å². The van der Waals surface area contributed by atoms with E-state index in [1.165, 1.54) is 38.5 Å². The first-order valence-corrected chi connectivity index (χ1v) is 11.1. The highest BCUT2D eigenvalue weighted by atomic mass is 32.2. The van der Waals surface area contributed by atoms with Crippen LogP contribution in [0.3, 0.4) is 0 Å². The molecule has 0 amide bonds. The molecule has 140 valence electrons. The molecule has 0 saturated carbocycles. The molecule has 0 aliphatic rings. The molecule has 0 radical (unpaired) electrons. The van der Waals surface area contributed by atoms with Crippen LogP contribution in [0, 0.1) is 0 Å². The molecule has 0 spiro atoms. The van der Waals surface area contributed by atoms with Crippen LogP contribution < -0.4 is 0 Å². The Morgan fingerprint density at radius 3 is 1.65 bits per heavy atom. The van der Waals surface area contributed by atoms with E-state index in [4.69, 9.17) is 4.55 Å². The van der Waals surface area contributed by atoms with Crippen LogP contribution in [0.1, 0.15) is 104 Å². The lowest BCUT2D eigenvalue weighted by Gasteiger charge is -2.12. The van der Waals surface area contributed by atoms with Crippen LogP contribution in [0.4, 0.5) is 0 Å². The van der Waals surface area contributed by atoms with Gasteiger partial charge in [0, 0.05) is 0 Å². The molecule has 5 heteroatoms. The summed E-state index contributed by atoms with van der Waals surface area (Å²) in [5.74, 6) is 0. The molecule has 2 N–H and O–H groups in total. The predicted octanol–water partition coefficient (Wildman–Crippen LogP) is 5.10. The van der Waals surface area contributed by atoms with Crippen LogP contribution in [0.25, 0.3) is 0 Å². The molecule has 0 bridgehead atoms. The average molecular weight is 351 g/mol. The van der Waals surface area contributed by atoms with E-state index < -0.39 is 15.4 Å². The summed E-state index contributed by atoms with van der Waals surface area (Å²) in [4.78, 5) is 0. The summed E-state index contributed by atoms with van der Waals surface area (Å²) in [7, 11) is -3.89. The first-order chi connectivity index (χ1) is 10.9. The zero-order valence-electron chi connectivity index (χ0n) is 15.2. The van der Waals surface area contributed by atoms with E-state index in [9.17, 15) is 13.5 Å². The van der Waals surface area contributed by atoms with Gasteiger partial charge in [0.25, 0.3) is 10.1 Å². The normalized spacial score (nSPS) is 14.8.